The third-order valence-corrected chi connectivity index (χ3v) is 133. The fourth-order valence-electron chi connectivity index (χ4n) is 7.47. The van der Waals surface area contributed by atoms with Crippen molar-refractivity contribution in [1.82, 2.24) is 0 Å². The molecule has 21 nitrogen and oxygen atoms in total. The standard InChI is InChI=1S/C17H38O8Si7.C17H38O5Si4.C17H36O4Si2.2O2Si/c1-8-9-15-31(4,5)32(6,7)30(22)29(21)28(20)27(19)26-25-12-10-11-23-13-14-24-17(18)16(2)3;1-8-9-15-25(4,5)26(6,7)24(19)23-22-12-10-11-20-13-14-21-17(18)16(2)3;1-8-9-14-22(4,5)21-23(6,7)15-10-11-19-12-13-20-17(18)16(2)3;2*1-3-2/h2,8-15,26H2,1,3-7H3;2,8-15,23H2,1,3-7H3;2,8-15H2,1,3-7H3;;. The first kappa shape index (κ1) is 94.5. The van der Waals surface area contributed by atoms with Gasteiger partial charge < -0.3 is 63.7 Å². The van der Waals surface area contributed by atoms with E-state index in [1.807, 2.05) is 13.1 Å². The predicted octanol–water partition coefficient (Wildman–Crippen LogP) is 7.81. The molecule has 0 saturated heterocycles. The average molecular weight is 1480 g/mol. The fourth-order valence-corrected chi connectivity index (χ4v) is 133. The summed E-state index contributed by atoms with van der Waals surface area (Å²) >= 11 is 0. The van der Waals surface area contributed by atoms with Crippen LogP contribution in [0.25, 0.3) is 0 Å². The summed E-state index contributed by atoms with van der Waals surface area (Å²) < 4.78 is 146. The Balaban J connectivity index is -0.000000373. The van der Waals surface area contributed by atoms with E-state index in [0.29, 0.717) is 76.0 Å². The molecule has 0 aromatic rings. The van der Waals surface area contributed by atoms with Gasteiger partial charge in [0.05, 0.1) is 26.9 Å². The minimum absolute atomic E-state index is 0.141. The van der Waals surface area contributed by atoms with Gasteiger partial charge in [0.25, 0.3) is 7.72 Å². The van der Waals surface area contributed by atoms with Gasteiger partial charge >= 0.3 is 67.4 Å². The van der Waals surface area contributed by atoms with Crippen molar-refractivity contribution in [2.75, 3.05) is 72.7 Å². The van der Waals surface area contributed by atoms with Crippen LogP contribution < -0.4 is 0 Å². The minimum Gasteiger partial charge on any atom is -0.460 e. The molecule has 502 valence electrons. The van der Waals surface area contributed by atoms with Crippen molar-refractivity contribution < 1.29 is 95.9 Å². The molecule has 36 heteroatoms. The highest BCUT2D eigenvalue weighted by molar-refractivity contribution is 7.78. The Morgan fingerprint density at radius 2 is 0.724 bits per heavy atom. The Morgan fingerprint density at radius 3 is 1.07 bits per heavy atom. The summed E-state index contributed by atoms with van der Waals surface area (Å²) in [6, 6.07) is 4.71. The predicted molar refractivity (Wildman–Crippen MR) is 369 cm³/mol. The zero-order valence-electron chi connectivity index (χ0n) is 56.6. The van der Waals surface area contributed by atoms with Gasteiger partial charge in [-0.25, -0.2) is 14.4 Å². The fraction of sp³-hybridized carbons (Fsp3) is 0.824. The summed E-state index contributed by atoms with van der Waals surface area (Å²) in [5, 5.41) is 0. The van der Waals surface area contributed by atoms with Crippen LogP contribution in [0.1, 0.15) is 99.3 Å². The third kappa shape index (κ3) is 49.2. The van der Waals surface area contributed by atoms with Crippen molar-refractivity contribution in [2.45, 2.75) is 202 Å². The second-order valence-electron chi connectivity index (χ2n) is 24.5. The van der Waals surface area contributed by atoms with E-state index in [9.17, 15) is 36.7 Å². The van der Waals surface area contributed by atoms with Gasteiger partial charge in [-0.15, -0.1) is 0 Å². The van der Waals surface area contributed by atoms with Crippen LogP contribution in [0.2, 0.25) is 103 Å². The van der Waals surface area contributed by atoms with Crippen molar-refractivity contribution in [2.24, 2.45) is 0 Å². The van der Waals surface area contributed by atoms with Crippen LogP contribution in [0, 0.1) is 0 Å². The van der Waals surface area contributed by atoms with Crippen LogP contribution in [0.4, 0.5) is 0 Å². The summed E-state index contributed by atoms with van der Waals surface area (Å²) in [4.78, 5) is 33.6. The van der Waals surface area contributed by atoms with Gasteiger partial charge in [-0.3, -0.25) is 17.8 Å². The summed E-state index contributed by atoms with van der Waals surface area (Å²) in [6.45, 7) is 53.6. The van der Waals surface area contributed by atoms with Crippen LogP contribution in [0.5, 0.6) is 0 Å². The van der Waals surface area contributed by atoms with Crippen LogP contribution in [-0.4, -0.2) is 212 Å². The number of carbonyl (C=O) groups excluding carboxylic acids is 3. The second-order valence-corrected chi connectivity index (χ2v) is 106. The monoisotopic (exact) mass is 1480 g/mol. The summed E-state index contributed by atoms with van der Waals surface area (Å²) in [6.07, 6.45) is 9.50. The summed E-state index contributed by atoms with van der Waals surface area (Å²) in [5.41, 5.74) is 1.15. The molecule has 0 atom stereocenters. The SMILES string of the molecule is C=C(C)C(=O)OCCOCCCO[SiH2][Si](=O)[Si](=O)[Si](=O)[Si](=O)[Si](C)(C)[Si](C)(C)CCCC.C=C(C)C(=O)OCCOCCCO[SiH2][Si](=O)[Si](C)(C)[Si](C)(C)CCCC.C=C(C)C(=O)OCCOCCC[Si](C)(C)O[Si](C)(C)CCCC.O=[Si]=O.O=[Si]=O. The lowest BCUT2D eigenvalue weighted by atomic mass is 10.4. The number of carbonyl (C=O) groups is 3. The van der Waals surface area contributed by atoms with E-state index in [2.05, 4.69) is 106 Å². The van der Waals surface area contributed by atoms with Crippen LogP contribution in [-0.2, 0) is 95.9 Å². The topological polar surface area (TPSA) is 288 Å². The summed E-state index contributed by atoms with van der Waals surface area (Å²) in [5.74, 6) is -1.19. The van der Waals surface area contributed by atoms with E-state index in [1.165, 1.54) is 37.8 Å². The van der Waals surface area contributed by atoms with Crippen LogP contribution in [0.15, 0.2) is 36.5 Å². The maximum atomic E-state index is 13.1. The van der Waals surface area contributed by atoms with Gasteiger partial charge in [0.2, 0.25) is 18.6 Å². The Hall–Kier alpha value is -1.16. The highest BCUT2D eigenvalue weighted by Gasteiger charge is 2.53. The molecule has 0 rings (SSSR count). The largest absolute Gasteiger partial charge is 0.549 e. The lowest BCUT2D eigenvalue weighted by Gasteiger charge is -2.36. The van der Waals surface area contributed by atoms with E-state index in [1.54, 1.807) is 20.8 Å². The van der Waals surface area contributed by atoms with Gasteiger partial charge in [0.15, 0.2) is 16.6 Å². The molecule has 0 radical (unpaired) electrons. The molecular weight excluding hydrogens is 1370 g/mol. The molecule has 0 aliphatic rings. The Labute approximate surface area is 543 Å². The smallest absolute Gasteiger partial charge is 0.460 e. The van der Waals surface area contributed by atoms with Crippen molar-refractivity contribution in [3.63, 3.8) is 0 Å². The first-order valence-corrected chi connectivity index (χ1v) is 70.2. The second kappa shape index (κ2) is 54.3. The van der Waals surface area contributed by atoms with E-state index < -0.39 is 128 Å². The molecule has 0 bridgehead atoms. The first-order valence-electron chi connectivity index (χ1n) is 30.0. The maximum absolute atomic E-state index is 13.1. The normalized spacial score (nSPS) is 11.6. The number of rotatable bonds is 46. The molecule has 0 amide bonds. The van der Waals surface area contributed by atoms with Crippen LogP contribution in [0.3, 0.4) is 0 Å². The summed E-state index contributed by atoms with van der Waals surface area (Å²) in [7, 11) is -27.7. The molecule has 87 heavy (non-hydrogen) atoms. The molecule has 0 fully saturated rings. The molecule has 0 unspecified atom stereocenters. The first-order chi connectivity index (χ1) is 40.3. The minimum atomic E-state index is -2.84. The van der Waals surface area contributed by atoms with E-state index in [4.69, 9.17) is 59.2 Å². The molecule has 0 saturated carbocycles. The lowest BCUT2D eigenvalue weighted by Crippen LogP contribution is -2.66. The molecule has 0 aromatic carbocycles. The zero-order chi connectivity index (χ0) is 68.5. The Kier molecular flexibility index (Phi) is 59.0. The lowest BCUT2D eigenvalue weighted by molar-refractivity contribution is -0.141. The van der Waals surface area contributed by atoms with Crippen molar-refractivity contribution in [1.29, 1.82) is 0 Å². The molecule has 0 aliphatic carbocycles. The van der Waals surface area contributed by atoms with Crippen molar-refractivity contribution in [3.8, 4) is 0 Å². The number of unbranched alkanes of at least 4 members (excludes halogenated alkanes) is 3. The third-order valence-electron chi connectivity index (χ3n) is 14.4. The molecular formula is C51H112O21Si15. The van der Waals surface area contributed by atoms with Gasteiger partial charge in [0, 0.05) is 64.9 Å². The van der Waals surface area contributed by atoms with E-state index in [-0.39, 0.29) is 31.8 Å². The van der Waals surface area contributed by atoms with Gasteiger partial charge in [0.1, 0.15) is 26.9 Å². The number of hydrogen-bond acceptors (Lipinski definition) is 21. The maximum Gasteiger partial charge on any atom is 0.549 e. The Morgan fingerprint density at radius 1 is 0.414 bits per heavy atom. The number of hydrogen-bond donors (Lipinski definition) is 0. The number of ether oxygens (including phenoxy) is 6. The average Bonchev–Trinajstić information content (AvgIpc) is 1.81. The molecule has 0 N–H and O–H groups in total. The van der Waals surface area contributed by atoms with Gasteiger partial charge in [-0.05, 0) is 78.3 Å². The molecule has 0 aromatic heterocycles. The quantitative estimate of drug-likeness (QED) is 0.0184. The molecule has 0 spiro atoms. The van der Waals surface area contributed by atoms with Crippen molar-refractivity contribution >= 4 is 140 Å². The van der Waals surface area contributed by atoms with E-state index in [0.717, 1.165) is 37.8 Å². The van der Waals surface area contributed by atoms with Crippen molar-refractivity contribution in [3.05, 3.63) is 36.5 Å². The zero-order valence-corrected chi connectivity index (χ0v) is 72.4. The number of esters is 3. The van der Waals surface area contributed by atoms with Gasteiger partial charge in [-0.1, -0.05) is 143 Å². The Bertz CT molecular complexity index is 2170. The molecule has 0 heterocycles. The highest BCUT2D eigenvalue weighted by atomic mass is 30.0. The van der Waals surface area contributed by atoms with Crippen LogP contribution >= 0.6 is 0 Å². The van der Waals surface area contributed by atoms with Gasteiger partial charge in [-0.2, -0.15) is 0 Å². The van der Waals surface area contributed by atoms with E-state index >= 15 is 0 Å². The highest BCUT2D eigenvalue weighted by Crippen LogP contribution is 2.27. The molecule has 0 aliphatic heterocycles.